The highest BCUT2D eigenvalue weighted by molar-refractivity contribution is 9.10. The molecule has 1 heterocycles. The summed E-state index contributed by atoms with van der Waals surface area (Å²) in [5, 5.41) is 0. The van der Waals surface area contributed by atoms with Gasteiger partial charge in [-0.15, -0.1) is 5.43 Å². The van der Waals surface area contributed by atoms with Crippen molar-refractivity contribution in [2.75, 3.05) is 5.43 Å². The third kappa shape index (κ3) is 3.84. The van der Waals surface area contributed by atoms with E-state index in [2.05, 4.69) is 21.4 Å². The first-order valence-electron chi connectivity index (χ1n) is 4.79. The number of nitrogens with one attached hydrogen (secondary N) is 1. The molecule has 2 rings (SSSR count). The summed E-state index contributed by atoms with van der Waals surface area (Å²) < 4.78 is 2.57. The maximum absolute atomic E-state index is 11.8. The van der Waals surface area contributed by atoms with Gasteiger partial charge in [0.05, 0.1) is 0 Å². The fraction of sp³-hybridized carbons (Fsp3) is 0. The predicted octanol–water partition coefficient (Wildman–Crippen LogP) is -0.876. The first-order chi connectivity index (χ1) is 7.75. The van der Waals surface area contributed by atoms with Crippen LogP contribution >= 0.6 is 15.9 Å². The average molecular weight is 314 g/mol. The first-order valence-corrected chi connectivity index (χ1v) is 5.58. The molecule has 0 unspecified atom stereocenters. The van der Waals surface area contributed by atoms with Gasteiger partial charge in [-0.2, -0.15) is 0 Å². The Bertz CT molecular complexity index is 488. The molecule has 0 aliphatic rings. The van der Waals surface area contributed by atoms with Gasteiger partial charge in [0.2, 0.25) is 0 Å². The molecule has 0 saturated heterocycles. The van der Waals surface area contributed by atoms with Crippen LogP contribution < -0.4 is 22.5 Å². The van der Waals surface area contributed by atoms with Crippen LogP contribution in [0.25, 0.3) is 0 Å². The van der Waals surface area contributed by atoms with Crippen LogP contribution in [-0.2, 0) is 0 Å². The zero-order chi connectivity index (χ0) is 11.4. The lowest BCUT2D eigenvalue weighted by molar-refractivity contribution is -0.641. The second kappa shape index (κ2) is 6.37. The van der Waals surface area contributed by atoms with E-state index in [0.717, 1.165) is 4.47 Å². The molecule has 1 amide bonds. The Morgan fingerprint density at radius 1 is 1.06 bits per heavy atom. The minimum absolute atomic E-state index is 0. The summed E-state index contributed by atoms with van der Waals surface area (Å²) in [7, 11) is 0. The molecule has 1 N–H and O–H groups in total. The fourth-order valence-corrected chi connectivity index (χ4v) is 1.52. The van der Waals surface area contributed by atoms with E-state index < -0.39 is 0 Å². The molecular formula is C12H10BrClN2O. The van der Waals surface area contributed by atoms with E-state index in [-0.39, 0.29) is 18.3 Å². The second-order valence-corrected chi connectivity index (χ2v) is 4.15. The fourth-order valence-electron chi connectivity index (χ4n) is 1.26. The quantitative estimate of drug-likeness (QED) is 0.718. The van der Waals surface area contributed by atoms with Gasteiger partial charge < -0.3 is 12.4 Å². The monoisotopic (exact) mass is 312 g/mol. The molecule has 1 aromatic carbocycles. The molecule has 2 aromatic rings. The number of benzene rings is 1. The normalized spacial score (nSPS) is 9.24. The van der Waals surface area contributed by atoms with Gasteiger partial charge in [0.1, 0.15) is 0 Å². The van der Waals surface area contributed by atoms with Crippen LogP contribution in [0.4, 0.5) is 0 Å². The summed E-state index contributed by atoms with van der Waals surface area (Å²) in [6.07, 6.45) is 3.55. The maximum Gasteiger partial charge on any atom is 0.305 e. The molecule has 0 atom stereocenters. The Kier molecular flexibility index (Phi) is 5.12. The zero-order valence-electron chi connectivity index (χ0n) is 8.81. The van der Waals surface area contributed by atoms with Crippen molar-refractivity contribution in [1.82, 2.24) is 0 Å². The molecular weight excluding hydrogens is 304 g/mol. The van der Waals surface area contributed by atoms with Crippen molar-refractivity contribution in [3.8, 4) is 0 Å². The molecule has 0 radical (unpaired) electrons. The minimum atomic E-state index is -0.135. The largest absolute Gasteiger partial charge is 1.00 e. The van der Waals surface area contributed by atoms with E-state index in [1.807, 2.05) is 30.3 Å². The van der Waals surface area contributed by atoms with Crippen molar-refractivity contribution >= 4 is 21.8 Å². The van der Waals surface area contributed by atoms with Crippen LogP contribution in [0, 0.1) is 0 Å². The molecule has 0 fully saturated rings. The Hall–Kier alpha value is -1.39. The van der Waals surface area contributed by atoms with Crippen LogP contribution in [-0.4, -0.2) is 5.91 Å². The Balaban J connectivity index is 0.00000144. The van der Waals surface area contributed by atoms with Gasteiger partial charge in [-0.1, -0.05) is 26.7 Å². The molecule has 0 bridgehead atoms. The molecule has 0 saturated carbocycles. The first kappa shape index (κ1) is 13.7. The zero-order valence-corrected chi connectivity index (χ0v) is 11.1. The van der Waals surface area contributed by atoms with E-state index in [1.165, 1.54) is 0 Å². The molecule has 0 spiro atoms. The number of hydrogen-bond acceptors (Lipinski definition) is 1. The summed E-state index contributed by atoms with van der Waals surface area (Å²) in [6, 6.07) is 12.8. The van der Waals surface area contributed by atoms with E-state index in [0.29, 0.717) is 5.56 Å². The van der Waals surface area contributed by atoms with Crippen molar-refractivity contribution in [3.05, 3.63) is 64.9 Å². The lowest BCUT2D eigenvalue weighted by Gasteiger charge is -1.99. The van der Waals surface area contributed by atoms with E-state index in [1.54, 1.807) is 29.2 Å². The average Bonchev–Trinajstić information content (AvgIpc) is 2.31. The van der Waals surface area contributed by atoms with Gasteiger partial charge in [-0.3, -0.25) is 4.79 Å². The van der Waals surface area contributed by atoms with Crippen LogP contribution in [0.2, 0.25) is 0 Å². The molecule has 0 aliphatic carbocycles. The summed E-state index contributed by atoms with van der Waals surface area (Å²) >= 11 is 3.32. The maximum atomic E-state index is 11.8. The van der Waals surface area contributed by atoms with Crippen molar-refractivity contribution in [1.29, 1.82) is 0 Å². The van der Waals surface area contributed by atoms with Crippen molar-refractivity contribution in [2.45, 2.75) is 0 Å². The minimum Gasteiger partial charge on any atom is -1.00 e. The van der Waals surface area contributed by atoms with E-state index >= 15 is 0 Å². The lowest BCUT2D eigenvalue weighted by atomic mass is 10.2. The molecule has 3 nitrogen and oxygen atoms in total. The lowest BCUT2D eigenvalue weighted by Crippen LogP contribution is -3.00. The van der Waals surface area contributed by atoms with Gasteiger partial charge in [0.25, 0.3) is 0 Å². The standard InChI is InChI=1S/C12H9BrN2O.ClH/c13-11-6-4-10(5-7-11)12(16)14-15-8-2-1-3-9-15;/h1-9H;1H. The van der Waals surface area contributed by atoms with Crippen LogP contribution in [0.15, 0.2) is 59.3 Å². The Morgan fingerprint density at radius 3 is 2.24 bits per heavy atom. The topological polar surface area (TPSA) is 33.0 Å². The Labute approximate surface area is 114 Å². The van der Waals surface area contributed by atoms with Gasteiger partial charge in [0, 0.05) is 22.2 Å². The number of hydrogen-bond donors (Lipinski definition) is 1. The van der Waals surface area contributed by atoms with Gasteiger partial charge in [-0.25, -0.2) is 0 Å². The van der Waals surface area contributed by atoms with Crippen LogP contribution in [0.3, 0.4) is 0 Å². The molecule has 5 heteroatoms. The third-order valence-electron chi connectivity index (χ3n) is 2.05. The number of nitrogens with zero attached hydrogens (tertiary/aromatic N) is 1. The highest BCUT2D eigenvalue weighted by Gasteiger charge is 2.09. The van der Waals surface area contributed by atoms with Crippen molar-refractivity contribution in [3.63, 3.8) is 0 Å². The van der Waals surface area contributed by atoms with E-state index in [9.17, 15) is 4.79 Å². The number of halogens is 2. The van der Waals surface area contributed by atoms with Gasteiger partial charge in [0.15, 0.2) is 12.4 Å². The smallest absolute Gasteiger partial charge is 0.305 e. The predicted molar refractivity (Wildman–Crippen MR) is 64.5 cm³/mol. The Morgan fingerprint density at radius 2 is 1.65 bits per heavy atom. The summed E-state index contributed by atoms with van der Waals surface area (Å²) in [4.78, 5) is 11.8. The number of aromatic nitrogens is 1. The summed E-state index contributed by atoms with van der Waals surface area (Å²) in [5.41, 5.74) is 3.36. The van der Waals surface area contributed by atoms with Crippen molar-refractivity contribution in [2.24, 2.45) is 0 Å². The van der Waals surface area contributed by atoms with Crippen molar-refractivity contribution < 1.29 is 21.9 Å². The number of amides is 1. The number of rotatable bonds is 2. The summed E-state index contributed by atoms with van der Waals surface area (Å²) in [6.45, 7) is 0. The molecule has 1 aromatic heterocycles. The SMILES string of the molecule is O=C(N[n+]1ccccc1)c1ccc(Br)cc1.[Cl-]. The molecule has 88 valence electrons. The second-order valence-electron chi connectivity index (χ2n) is 3.23. The molecule has 0 aliphatic heterocycles. The highest BCUT2D eigenvalue weighted by atomic mass is 79.9. The van der Waals surface area contributed by atoms with Crippen LogP contribution in [0.5, 0.6) is 0 Å². The highest BCUT2D eigenvalue weighted by Crippen LogP contribution is 2.10. The molecule has 17 heavy (non-hydrogen) atoms. The third-order valence-corrected chi connectivity index (χ3v) is 2.58. The van der Waals surface area contributed by atoms with Gasteiger partial charge >= 0.3 is 5.91 Å². The number of carbonyl (C=O) groups excluding carboxylic acids is 1. The van der Waals surface area contributed by atoms with E-state index in [4.69, 9.17) is 0 Å². The number of pyridine rings is 1. The summed E-state index contributed by atoms with van der Waals surface area (Å²) in [5.74, 6) is -0.135. The van der Waals surface area contributed by atoms with Crippen LogP contribution in [0.1, 0.15) is 10.4 Å². The number of carbonyl (C=O) groups is 1. The van der Waals surface area contributed by atoms with Gasteiger partial charge in [-0.05, 0) is 24.3 Å².